The van der Waals surface area contributed by atoms with Crippen LogP contribution >= 0.6 is 0 Å². The highest BCUT2D eigenvalue weighted by Crippen LogP contribution is 2.30. The molecule has 7 nitrogen and oxygen atoms in total. The molecule has 0 spiro atoms. The summed E-state index contributed by atoms with van der Waals surface area (Å²) in [5.74, 6) is 0.193. The molecule has 0 bridgehead atoms. The van der Waals surface area contributed by atoms with Gasteiger partial charge in [0.2, 0.25) is 5.91 Å². The van der Waals surface area contributed by atoms with Gasteiger partial charge in [-0.05, 0) is 50.5 Å². The molecule has 1 amide bonds. The van der Waals surface area contributed by atoms with Gasteiger partial charge in [-0.25, -0.2) is 4.98 Å². The smallest absolute Gasteiger partial charge is 0.221 e. The Bertz CT molecular complexity index is 977. The molecule has 1 aromatic carbocycles. The van der Waals surface area contributed by atoms with E-state index >= 15 is 0 Å². The second-order valence-corrected chi connectivity index (χ2v) is 6.23. The lowest BCUT2D eigenvalue weighted by atomic mass is 10.1. The van der Waals surface area contributed by atoms with E-state index in [1.54, 1.807) is 6.07 Å². The summed E-state index contributed by atoms with van der Waals surface area (Å²) >= 11 is 0. The van der Waals surface area contributed by atoms with Crippen LogP contribution in [-0.2, 0) is 17.6 Å². The maximum Gasteiger partial charge on any atom is 0.221 e. The van der Waals surface area contributed by atoms with Gasteiger partial charge in [-0.2, -0.15) is 5.53 Å². The van der Waals surface area contributed by atoms with Crippen LogP contribution < -0.4 is 10.2 Å². The predicted octanol–water partition coefficient (Wildman–Crippen LogP) is 4.02. The molecule has 0 aliphatic rings. The number of carbonyl (C=O) groups excluding carboxylic acids is 1. The molecule has 3 aromatic rings. The van der Waals surface area contributed by atoms with Crippen LogP contribution in [-0.4, -0.2) is 15.3 Å². The number of fused-ring (bicyclic) bond motifs is 1. The van der Waals surface area contributed by atoms with E-state index in [9.17, 15) is 4.79 Å². The molecule has 2 aromatic heterocycles. The van der Waals surface area contributed by atoms with E-state index in [-0.39, 0.29) is 5.91 Å². The Hall–Kier alpha value is -3.22. The van der Waals surface area contributed by atoms with Gasteiger partial charge in [-0.3, -0.25) is 4.79 Å². The van der Waals surface area contributed by atoms with Crippen molar-refractivity contribution in [2.45, 2.75) is 33.6 Å². The van der Waals surface area contributed by atoms with Crippen molar-refractivity contribution < 1.29 is 9.63 Å². The van der Waals surface area contributed by atoms with Gasteiger partial charge in [0.15, 0.2) is 5.75 Å². The molecule has 7 heteroatoms. The summed E-state index contributed by atoms with van der Waals surface area (Å²) in [5.41, 5.74) is 12.6. The highest BCUT2D eigenvalue weighted by molar-refractivity contribution is 5.90. The number of carbonyl (C=O) groups is 1. The highest BCUT2D eigenvalue weighted by atomic mass is 16.6. The van der Waals surface area contributed by atoms with Crippen LogP contribution in [0.1, 0.15) is 29.4 Å². The standard InChI is InChI=1S/C19H21N5O2/c1-12-9-10-24-13(2)16(22-18(24)11-12)8-7-15-5-4-6-17(21-14(3)25)19(15)26-23-20/h4-6,9-11,20H,7-8H2,1-3H3,(H,21,25). The van der Waals surface area contributed by atoms with Crippen molar-refractivity contribution in [2.24, 2.45) is 5.28 Å². The molecule has 134 valence electrons. The molecule has 0 saturated heterocycles. The van der Waals surface area contributed by atoms with E-state index < -0.39 is 0 Å². The first-order valence-corrected chi connectivity index (χ1v) is 8.37. The summed E-state index contributed by atoms with van der Waals surface area (Å²) in [6.45, 7) is 5.52. The lowest BCUT2D eigenvalue weighted by molar-refractivity contribution is -0.114. The molecular formula is C19H21N5O2. The van der Waals surface area contributed by atoms with Crippen molar-refractivity contribution in [3.05, 3.63) is 59.0 Å². The van der Waals surface area contributed by atoms with Gasteiger partial charge in [-0.15, -0.1) is 0 Å². The fourth-order valence-corrected chi connectivity index (χ4v) is 3.03. The summed E-state index contributed by atoms with van der Waals surface area (Å²) in [6.07, 6.45) is 3.40. The minimum atomic E-state index is -0.205. The molecular weight excluding hydrogens is 330 g/mol. The van der Waals surface area contributed by atoms with Crippen LogP contribution in [0.2, 0.25) is 0 Å². The third kappa shape index (κ3) is 3.56. The average molecular weight is 351 g/mol. The number of nitrogens with one attached hydrogen (secondary N) is 2. The zero-order valence-electron chi connectivity index (χ0n) is 15.0. The third-order valence-corrected chi connectivity index (χ3v) is 4.29. The van der Waals surface area contributed by atoms with E-state index in [0.29, 0.717) is 24.3 Å². The van der Waals surface area contributed by atoms with Gasteiger partial charge in [0, 0.05) is 29.7 Å². The molecule has 26 heavy (non-hydrogen) atoms. The number of benzene rings is 1. The number of pyridine rings is 1. The second-order valence-electron chi connectivity index (χ2n) is 6.23. The predicted molar refractivity (Wildman–Crippen MR) is 98.6 cm³/mol. The van der Waals surface area contributed by atoms with E-state index in [1.807, 2.05) is 25.3 Å². The van der Waals surface area contributed by atoms with Gasteiger partial charge in [0.25, 0.3) is 0 Å². The second kappa shape index (κ2) is 7.35. The number of rotatable bonds is 6. The Morgan fingerprint density at radius 3 is 2.85 bits per heavy atom. The Kier molecular flexibility index (Phi) is 4.97. The topological polar surface area (TPSA) is 91.8 Å². The van der Waals surface area contributed by atoms with Crippen LogP contribution in [0.15, 0.2) is 41.8 Å². The molecule has 0 aliphatic carbocycles. The summed E-state index contributed by atoms with van der Waals surface area (Å²) < 4.78 is 2.08. The van der Waals surface area contributed by atoms with E-state index in [1.165, 1.54) is 12.5 Å². The number of hydrogen-bond donors (Lipinski definition) is 2. The van der Waals surface area contributed by atoms with Crippen LogP contribution in [0.3, 0.4) is 0 Å². The molecule has 2 heterocycles. The van der Waals surface area contributed by atoms with E-state index in [2.05, 4.69) is 34.1 Å². The van der Waals surface area contributed by atoms with Gasteiger partial charge < -0.3 is 14.6 Å². The first kappa shape index (κ1) is 17.6. The summed E-state index contributed by atoms with van der Waals surface area (Å²) in [5, 5.41) is 5.74. The average Bonchev–Trinajstić information content (AvgIpc) is 2.90. The maximum absolute atomic E-state index is 11.4. The molecule has 0 atom stereocenters. The summed E-state index contributed by atoms with van der Waals surface area (Å²) in [6, 6.07) is 9.59. The summed E-state index contributed by atoms with van der Waals surface area (Å²) in [4.78, 5) is 21.2. The zero-order chi connectivity index (χ0) is 18.7. The molecule has 0 fully saturated rings. The molecule has 2 N–H and O–H groups in total. The number of anilines is 1. The SMILES string of the molecule is CC(=O)Nc1cccc(CCc2nc3cc(C)ccn3c2C)c1ON=N. The van der Waals surface area contributed by atoms with Crippen molar-refractivity contribution in [2.75, 3.05) is 5.32 Å². The van der Waals surface area contributed by atoms with Crippen molar-refractivity contribution in [3.8, 4) is 5.75 Å². The number of amides is 1. The number of nitrogens with zero attached hydrogens (tertiary/aromatic N) is 3. The van der Waals surface area contributed by atoms with Crippen LogP contribution in [0.25, 0.3) is 5.65 Å². The number of hydrogen-bond acceptors (Lipinski definition) is 5. The molecule has 0 radical (unpaired) electrons. The fraction of sp³-hybridized carbons (Fsp3) is 0.263. The Morgan fingerprint density at radius 2 is 2.12 bits per heavy atom. The van der Waals surface area contributed by atoms with Gasteiger partial charge >= 0.3 is 0 Å². The minimum absolute atomic E-state index is 0.205. The van der Waals surface area contributed by atoms with Crippen molar-refractivity contribution in [1.82, 2.24) is 9.38 Å². The number of imidazole rings is 1. The Labute approximate surface area is 151 Å². The molecule has 0 saturated carbocycles. The van der Waals surface area contributed by atoms with Gasteiger partial charge in [0.05, 0.1) is 11.4 Å². The fourth-order valence-electron chi connectivity index (χ4n) is 3.03. The Morgan fingerprint density at radius 1 is 1.31 bits per heavy atom. The largest absolute Gasteiger partial charge is 0.337 e. The van der Waals surface area contributed by atoms with Crippen molar-refractivity contribution in [1.29, 1.82) is 5.53 Å². The lowest BCUT2D eigenvalue weighted by Gasteiger charge is -2.11. The van der Waals surface area contributed by atoms with E-state index in [0.717, 1.165) is 22.6 Å². The normalized spacial score (nSPS) is 10.7. The monoisotopic (exact) mass is 351 g/mol. The van der Waals surface area contributed by atoms with Crippen molar-refractivity contribution >= 4 is 17.2 Å². The zero-order valence-corrected chi connectivity index (χ0v) is 15.0. The van der Waals surface area contributed by atoms with E-state index in [4.69, 9.17) is 15.4 Å². The lowest BCUT2D eigenvalue weighted by Crippen LogP contribution is -2.08. The molecule has 0 aliphatic heterocycles. The summed E-state index contributed by atoms with van der Waals surface area (Å²) in [7, 11) is 0. The quantitative estimate of drug-likeness (QED) is 0.519. The number of aryl methyl sites for hydroxylation is 4. The molecule has 0 unspecified atom stereocenters. The van der Waals surface area contributed by atoms with Gasteiger partial charge in [0.1, 0.15) is 5.65 Å². The first-order chi connectivity index (χ1) is 12.5. The van der Waals surface area contributed by atoms with Crippen molar-refractivity contribution in [3.63, 3.8) is 0 Å². The van der Waals surface area contributed by atoms with Crippen LogP contribution in [0.5, 0.6) is 5.75 Å². The highest BCUT2D eigenvalue weighted by Gasteiger charge is 2.14. The number of para-hydroxylation sites is 1. The van der Waals surface area contributed by atoms with Gasteiger partial charge in [-0.1, -0.05) is 12.1 Å². The van der Waals surface area contributed by atoms with Crippen LogP contribution in [0, 0.1) is 19.4 Å². The maximum atomic E-state index is 11.4. The Balaban J connectivity index is 1.88. The third-order valence-electron chi connectivity index (χ3n) is 4.29. The molecule has 3 rings (SSSR count). The number of aromatic nitrogens is 2. The minimum Gasteiger partial charge on any atom is -0.337 e. The van der Waals surface area contributed by atoms with Crippen LogP contribution in [0.4, 0.5) is 5.69 Å². The first-order valence-electron chi connectivity index (χ1n) is 8.37.